The number of nitrogens with one attached hydrogen (secondary N) is 1. The molecule has 1 N–H and O–H groups in total. The van der Waals surface area contributed by atoms with Gasteiger partial charge in [0.1, 0.15) is 11.3 Å². The fourth-order valence-corrected chi connectivity index (χ4v) is 4.59. The van der Waals surface area contributed by atoms with Gasteiger partial charge in [0.15, 0.2) is 11.2 Å². The summed E-state index contributed by atoms with van der Waals surface area (Å²) >= 11 is 0. The van der Waals surface area contributed by atoms with E-state index < -0.39 is 5.91 Å². The van der Waals surface area contributed by atoms with Gasteiger partial charge in [-0.05, 0) is 68.9 Å². The molecule has 162 valence electrons. The summed E-state index contributed by atoms with van der Waals surface area (Å²) in [5, 5.41) is 2.97. The summed E-state index contributed by atoms with van der Waals surface area (Å²) in [5.74, 6) is 0.684. The highest BCUT2D eigenvalue weighted by Crippen LogP contribution is 2.30. The van der Waals surface area contributed by atoms with Crippen LogP contribution in [0.2, 0.25) is 0 Å². The molecule has 1 saturated carbocycles. The standard InChI is InChI=1S/C26H30N2O3/c1-17-9-7-12-21(19(17)3)27-26(30)24-22(29)15-18(2)28(16-20-10-5-4-6-11-20)25(24)23-13-8-14-31-23/h7-9,12-15,20H,4-6,10-11,16H2,1-3H3,(H,27,30). The number of aromatic nitrogens is 1. The molecular formula is C26H30N2O3. The lowest BCUT2D eigenvalue weighted by molar-refractivity contribution is 0.102. The summed E-state index contributed by atoms with van der Waals surface area (Å²) in [5.41, 5.74) is 4.07. The lowest BCUT2D eigenvalue weighted by Gasteiger charge is -2.26. The molecule has 0 bridgehead atoms. The molecule has 2 aromatic heterocycles. The van der Waals surface area contributed by atoms with Crippen LogP contribution in [0.3, 0.4) is 0 Å². The Morgan fingerprint density at radius 3 is 2.58 bits per heavy atom. The minimum Gasteiger partial charge on any atom is -0.463 e. The summed E-state index contributed by atoms with van der Waals surface area (Å²) in [7, 11) is 0. The molecule has 4 rings (SSSR count). The van der Waals surface area contributed by atoms with E-state index in [0.717, 1.165) is 23.4 Å². The number of amides is 1. The highest BCUT2D eigenvalue weighted by atomic mass is 16.3. The van der Waals surface area contributed by atoms with Crippen LogP contribution in [-0.4, -0.2) is 10.5 Å². The Morgan fingerprint density at radius 2 is 1.87 bits per heavy atom. The van der Waals surface area contributed by atoms with Crippen LogP contribution in [0.5, 0.6) is 0 Å². The van der Waals surface area contributed by atoms with Crippen LogP contribution in [0.25, 0.3) is 11.5 Å². The number of benzene rings is 1. The number of nitrogens with zero attached hydrogens (tertiary/aromatic N) is 1. The van der Waals surface area contributed by atoms with Gasteiger partial charge in [-0.15, -0.1) is 0 Å². The summed E-state index contributed by atoms with van der Waals surface area (Å²) in [6, 6.07) is 11.0. The Hall–Kier alpha value is -3.08. The summed E-state index contributed by atoms with van der Waals surface area (Å²) in [4.78, 5) is 26.5. The highest BCUT2D eigenvalue weighted by Gasteiger charge is 2.25. The summed E-state index contributed by atoms with van der Waals surface area (Å²) in [6.07, 6.45) is 7.69. The smallest absolute Gasteiger partial charge is 0.261 e. The number of aryl methyl sites for hydroxylation is 2. The van der Waals surface area contributed by atoms with Crippen LogP contribution in [0, 0.1) is 26.7 Å². The van der Waals surface area contributed by atoms with Crippen LogP contribution >= 0.6 is 0 Å². The number of rotatable bonds is 5. The average molecular weight is 419 g/mol. The van der Waals surface area contributed by atoms with E-state index in [-0.39, 0.29) is 11.0 Å². The van der Waals surface area contributed by atoms with Gasteiger partial charge in [0.05, 0.1) is 6.26 Å². The maximum Gasteiger partial charge on any atom is 0.261 e. The van der Waals surface area contributed by atoms with E-state index in [1.165, 1.54) is 32.1 Å². The number of hydrogen-bond donors (Lipinski definition) is 1. The van der Waals surface area contributed by atoms with Gasteiger partial charge in [-0.1, -0.05) is 31.4 Å². The van der Waals surface area contributed by atoms with Gasteiger partial charge in [0, 0.05) is 24.0 Å². The van der Waals surface area contributed by atoms with Gasteiger partial charge in [0.25, 0.3) is 5.91 Å². The fourth-order valence-electron chi connectivity index (χ4n) is 4.59. The molecule has 1 fully saturated rings. The van der Waals surface area contributed by atoms with Crippen molar-refractivity contribution in [3.05, 3.63) is 75.3 Å². The van der Waals surface area contributed by atoms with E-state index in [9.17, 15) is 9.59 Å². The topological polar surface area (TPSA) is 64.2 Å². The predicted octanol–water partition coefficient (Wildman–Crippen LogP) is 5.87. The molecule has 3 aromatic rings. The van der Waals surface area contributed by atoms with E-state index >= 15 is 0 Å². The van der Waals surface area contributed by atoms with Gasteiger partial charge < -0.3 is 14.3 Å². The average Bonchev–Trinajstić information content (AvgIpc) is 3.28. The first-order chi connectivity index (χ1) is 15.0. The van der Waals surface area contributed by atoms with Crippen molar-refractivity contribution in [3.8, 4) is 11.5 Å². The van der Waals surface area contributed by atoms with E-state index in [0.29, 0.717) is 23.1 Å². The van der Waals surface area contributed by atoms with Crippen molar-refractivity contribution < 1.29 is 9.21 Å². The second-order valence-electron chi connectivity index (χ2n) is 8.67. The van der Waals surface area contributed by atoms with Crippen LogP contribution < -0.4 is 10.7 Å². The molecule has 0 spiro atoms. The molecule has 1 aliphatic rings. The Morgan fingerprint density at radius 1 is 1.10 bits per heavy atom. The fraction of sp³-hybridized carbons (Fsp3) is 0.385. The largest absolute Gasteiger partial charge is 0.463 e. The number of carbonyl (C=O) groups excluding carboxylic acids is 1. The number of pyridine rings is 1. The normalized spacial score (nSPS) is 14.5. The minimum atomic E-state index is -0.400. The Bertz CT molecular complexity index is 1140. The van der Waals surface area contributed by atoms with Gasteiger partial charge >= 0.3 is 0 Å². The molecule has 31 heavy (non-hydrogen) atoms. The number of hydrogen-bond acceptors (Lipinski definition) is 3. The zero-order valence-electron chi connectivity index (χ0n) is 18.5. The minimum absolute atomic E-state index is 0.136. The van der Waals surface area contributed by atoms with Crippen molar-refractivity contribution in [1.82, 2.24) is 4.57 Å². The number of furan rings is 1. The van der Waals surface area contributed by atoms with E-state index in [1.54, 1.807) is 18.4 Å². The van der Waals surface area contributed by atoms with Gasteiger partial charge in [0.2, 0.25) is 0 Å². The van der Waals surface area contributed by atoms with Crippen molar-refractivity contribution in [2.45, 2.75) is 59.4 Å². The predicted molar refractivity (Wildman–Crippen MR) is 124 cm³/mol. The van der Waals surface area contributed by atoms with Crippen molar-refractivity contribution in [2.75, 3.05) is 5.32 Å². The second kappa shape index (κ2) is 8.96. The lowest BCUT2D eigenvalue weighted by Crippen LogP contribution is -2.28. The quantitative estimate of drug-likeness (QED) is 0.564. The molecule has 5 heteroatoms. The van der Waals surface area contributed by atoms with Gasteiger partial charge in [-0.25, -0.2) is 0 Å². The number of anilines is 1. The maximum atomic E-state index is 13.4. The van der Waals surface area contributed by atoms with Crippen LogP contribution in [0.15, 0.2) is 51.9 Å². The molecule has 1 amide bonds. The molecule has 0 aliphatic heterocycles. The first kappa shape index (κ1) is 21.2. The third-order valence-electron chi connectivity index (χ3n) is 6.52. The SMILES string of the molecule is Cc1cccc(NC(=O)c2c(-c3ccco3)n(CC3CCCCC3)c(C)cc2=O)c1C. The van der Waals surface area contributed by atoms with Crippen molar-refractivity contribution in [2.24, 2.45) is 5.92 Å². The highest BCUT2D eigenvalue weighted by molar-refractivity contribution is 6.08. The third-order valence-corrected chi connectivity index (χ3v) is 6.52. The Balaban J connectivity index is 1.81. The molecule has 5 nitrogen and oxygen atoms in total. The zero-order valence-corrected chi connectivity index (χ0v) is 18.5. The van der Waals surface area contributed by atoms with Gasteiger partial charge in [-0.3, -0.25) is 9.59 Å². The molecule has 0 unspecified atom stereocenters. The maximum absolute atomic E-state index is 13.4. The Labute approximate surface area is 183 Å². The van der Waals surface area contributed by atoms with Crippen LogP contribution in [0.4, 0.5) is 5.69 Å². The van der Waals surface area contributed by atoms with E-state index in [1.807, 2.05) is 45.0 Å². The zero-order chi connectivity index (χ0) is 22.0. The molecule has 1 aliphatic carbocycles. The third kappa shape index (κ3) is 4.36. The van der Waals surface area contributed by atoms with Crippen molar-refractivity contribution >= 4 is 11.6 Å². The monoisotopic (exact) mass is 418 g/mol. The molecular weight excluding hydrogens is 388 g/mol. The van der Waals surface area contributed by atoms with E-state index in [2.05, 4.69) is 9.88 Å². The molecule has 1 aromatic carbocycles. The lowest BCUT2D eigenvalue weighted by atomic mass is 9.89. The summed E-state index contributed by atoms with van der Waals surface area (Å²) in [6.45, 7) is 6.69. The Kier molecular flexibility index (Phi) is 6.12. The van der Waals surface area contributed by atoms with E-state index in [4.69, 9.17) is 4.42 Å². The summed E-state index contributed by atoms with van der Waals surface area (Å²) < 4.78 is 7.81. The first-order valence-electron chi connectivity index (χ1n) is 11.1. The molecule has 0 saturated heterocycles. The van der Waals surface area contributed by atoms with Crippen molar-refractivity contribution in [1.29, 1.82) is 0 Å². The number of carbonyl (C=O) groups is 1. The van der Waals surface area contributed by atoms with Crippen molar-refractivity contribution in [3.63, 3.8) is 0 Å². The first-order valence-corrected chi connectivity index (χ1v) is 11.1. The van der Waals surface area contributed by atoms with Gasteiger partial charge in [-0.2, -0.15) is 0 Å². The van der Waals surface area contributed by atoms with Crippen LogP contribution in [0.1, 0.15) is 59.3 Å². The van der Waals surface area contributed by atoms with Crippen LogP contribution in [-0.2, 0) is 6.54 Å². The molecule has 0 radical (unpaired) electrons. The molecule has 0 atom stereocenters. The second-order valence-corrected chi connectivity index (χ2v) is 8.67. The molecule has 2 heterocycles.